The minimum atomic E-state index is -0.554. The van der Waals surface area contributed by atoms with Gasteiger partial charge in [0.2, 0.25) is 5.29 Å². The summed E-state index contributed by atoms with van der Waals surface area (Å²) in [5, 5.41) is 6.28. The average molecular weight is 249 g/mol. The Morgan fingerprint density at radius 2 is 2.20 bits per heavy atom. The third kappa shape index (κ3) is 6.04. The van der Waals surface area contributed by atoms with E-state index in [1.54, 1.807) is 6.92 Å². The molecule has 4 nitrogen and oxygen atoms in total. The Labute approximate surface area is 97.7 Å². The van der Waals surface area contributed by atoms with Gasteiger partial charge in [-0.2, -0.15) is 0 Å². The molecule has 0 atom stereocenters. The fourth-order valence-electron chi connectivity index (χ4n) is 0.670. The Morgan fingerprint density at radius 3 is 2.60 bits per heavy atom. The van der Waals surface area contributed by atoms with Crippen LogP contribution in [0.5, 0.6) is 0 Å². The van der Waals surface area contributed by atoms with Gasteiger partial charge in [0, 0.05) is 0 Å². The summed E-state index contributed by atoms with van der Waals surface area (Å²) in [5.74, 6) is -0.554. The molecule has 0 aromatic rings. The van der Waals surface area contributed by atoms with Crippen molar-refractivity contribution in [2.45, 2.75) is 6.92 Å². The van der Waals surface area contributed by atoms with Crippen molar-refractivity contribution in [2.75, 3.05) is 6.61 Å². The van der Waals surface area contributed by atoms with E-state index in [1.165, 1.54) is 12.2 Å². The summed E-state index contributed by atoms with van der Waals surface area (Å²) in [5.41, 5.74) is 0.156. The summed E-state index contributed by atoms with van der Waals surface area (Å²) in [6, 6.07) is 0. The number of halogens is 2. The molecule has 0 aliphatic carbocycles. The monoisotopic (exact) mass is 248 g/mol. The van der Waals surface area contributed by atoms with Gasteiger partial charge in [0.1, 0.15) is 5.17 Å². The van der Waals surface area contributed by atoms with Gasteiger partial charge in [-0.3, -0.25) is 5.41 Å². The Kier molecular flexibility index (Phi) is 6.66. The summed E-state index contributed by atoms with van der Waals surface area (Å²) in [7, 11) is 0. The van der Waals surface area contributed by atoms with E-state index in [-0.39, 0.29) is 17.4 Å². The lowest BCUT2D eigenvalue weighted by atomic mass is 10.2. The number of hydrogen-bond acceptors (Lipinski definition) is 3. The van der Waals surface area contributed by atoms with Gasteiger partial charge in [-0.25, -0.2) is 9.79 Å². The smallest absolute Gasteiger partial charge is 0.338 e. The first-order chi connectivity index (χ1) is 7.01. The van der Waals surface area contributed by atoms with E-state index < -0.39 is 11.3 Å². The van der Waals surface area contributed by atoms with E-state index in [4.69, 9.17) is 33.3 Å². The number of esters is 1. The van der Waals surface area contributed by atoms with Gasteiger partial charge in [-0.15, -0.1) is 0 Å². The fraction of sp³-hybridized carbons (Fsp3) is 0.222. The average Bonchev–Trinajstić information content (AvgIpc) is 2.13. The normalized spacial score (nSPS) is 12.2. The molecule has 0 saturated carbocycles. The quantitative estimate of drug-likeness (QED) is 0.208. The zero-order valence-corrected chi connectivity index (χ0v) is 9.60. The number of hydrogen-bond donors (Lipinski definition) is 1. The highest BCUT2D eigenvalue weighted by Crippen LogP contribution is 2.03. The van der Waals surface area contributed by atoms with Crippen LogP contribution in [0.15, 0.2) is 29.3 Å². The van der Waals surface area contributed by atoms with Crippen molar-refractivity contribution in [3.63, 3.8) is 0 Å². The molecule has 0 amide bonds. The first-order valence-electron chi connectivity index (χ1n) is 4.00. The number of carbonyl (C=O) groups is 1. The highest BCUT2D eigenvalue weighted by molar-refractivity contribution is 6.73. The van der Waals surface area contributed by atoms with Crippen LogP contribution in [0.3, 0.4) is 0 Å². The van der Waals surface area contributed by atoms with Crippen molar-refractivity contribution in [3.05, 3.63) is 24.3 Å². The molecule has 0 heterocycles. The summed E-state index contributed by atoms with van der Waals surface area (Å²) in [6.45, 7) is 5.36. The van der Waals surface area contributed by atoms with Crippen LogP contribution in [0.2, 0.25) is 0 Å². The maximum Gasteiger partial charge on any atom is 0.338 e. The molecule has 0 spiro atoms. The number of rotatable bonds is 4. The van der Waals surface area contributed by atoms with E-state index in [9.17, 15) is 4.79 Å². The Hall–Kier alpha value is -1.13. The van der Waals surface area contributed by atoms with Crippen LogP contribution in [0.4, 0.5) is 0 Å². The maximum absolute atomic E-state index is 11.2. The Morgan fingerprint density at radius 1 is 1.60 bits per heavy atom. The molecule has 0 bridgehead atoms. The topological polar surface area (TPSA) is 62.5 Å². The lowest BCUT2D eigenvalue weighted by molar-refractivity contribution is -0.138. The number of nitrogens with zero attached hydrogens (tertiary/aromatic N) is 1. The second-order valence-corrected chi connectivity index (χ2v) is 2.99. The summed E-state index contributed by atoms with van der Waals surface area (Å²) in [4.78, 5) is 14.6. The van der Waals surface area contributed by atoms with Crippen LogP contribution >= 0.6 is 23.2 Å². The molecule has 0 fully saturated rings. The van der Waals surface area contributed by atoms with Crippen molar-refractivity contribution < 1.29 is 9.53 Å². The standard InChI is InChI=1S/C9H10Cl2N2O2/c1-3-6(8(14)15-4-2)5-7(10)13-9(11)12/h3,5,12H,1,4H2,2H3/b6-5-,12-9?,13-7+. The van der Waals surface area contributed by atoms with E-state index >= 15 is 0 Å². The molecule has 0 aliphatic rings. The lowest BCUT2D eigenvalue weighted by Gasteiger charge is -2.00. The van der Waals surface area contributed by atoms with Crippen LogP contribution in [0, 0.1) is 5.41 Å². The van der Waals surface area contributed by atoms with Gasteiger partial charge in [0.05, 0.1) is 12.2 Å². The molecule has 0 saturated heterocycles. The van der Waals surface area contributed by atoms with Crippen molar-refractivity contribution in [1.29, 1.82) is 5.41 Å². The van der Waals surface area contributed by atoms with Crippen LogP contribution in [-0.2, 0) is 9.53 Å². The van der Waals surface area contributed by atoms with Crippen LogP contribution in [-0.4, -0.2) is 23.0 Å². The summed E-state index contributed by atoms with van der Waals surface area (Å²) in [6.07, 6.45) is 2.51. The second-order valence-electron chi connectivity index (χ2n) is 2.25. The summed E-state index contributed by atoms with van der Waals surface area (Å²) < 4.78 is 4.72. The first-order valence-corrected chi connectivity index (χ1v) is 4.76. The van der Waals surface area contributed by atoms with Gasteiger partial charge in [-0.05, 0) is 24.6 Å². The van der Waals surface area contributed by atoms with E-state index in [0.717, 1.165) is 0 Å². The Balaban J connectivity index is 4.81. The number of aliphatic imine (C=N–C) groups is 1. The largest absolute Gasteiger partial charge is 0.462 e. The minimum absolute atomic E-state index is 0.0852. The predicted octanol–water partition coefficient (Wildman–Crippen LogP) is 2.47. The number of allylic oxidation sites excluding steroid dienone is 1. The van der Waals surface area contributed by atoms with Gasteiger partial charge in [0.15, 0.2) is 0 Å². The first kappa shape index (κ1) is 13.9. The molecule has 0 aromatic carbocycles. The lowest BCUT2D eigenvalue weighted by Crippen LogP contribution is -2.07. The SMILES string of the molecule is C=C/C(=C/C(Cl)=N\C(=N)Cl)C(=O)OCC. The van der Waals surface area contributed by atoms with Gasteiger partial charge in [-0.1, -0.05) is 24.3 Å². The highest BCUT2D eigenvalue weighted by atomic mass is 35.5. The zero-order chi connectivity index (χ0) is 11.8. The van der Waals surface area contributed by atoms with Crippen LogP contribution < -0.4 is 0 Å². The molecule has 82 valence electrons. The molecule has 6 heteroatoms. The molecular formula is C9H10Cl2N2O2. The number of amidine groups is 1. The summed E-state index contributed by atoms with van der Waals surface area (Å²) >= 11 is 10.8. The molecule has 0 aliphatic heterocycles. The molecule has 0 aromatic heterocycles. The molecular weight excluding hydrogens is 239 g/mol. The predicted molar refractivity (Wildman–Crippen MR) is 61.8 cm³/mol. The molecule has 0 unspecified atom stereocenters. The molecule has 0 rings (SSSR count). The van der Waals surface area contributed by atoms with Crippen molar-refractivity contribution in [3.8, 4) is 0 Å². The van der Waals surface area contributed by atoms with E-state index in [0.29, 0.717) is 0 Å². The molecule has 15 heavy (non-hydrogen) atoms. The van der Waals surface area contributed by atoms with Crippen molar-refractivity contribution in [2.24, 2.45) is 4.99 Å². The minimum Gasteiger partial charge on any atom is -0.462 e. The van der Waals surface area contributed by atoms with Gasteiger partial charge >= 0.3 is 5.97 Å². The fourth-order valence-corrected chi connectivity index (χ4v) is 1.01. The molecule has 0 radical (unpaired) electrons. The third-order valence-corrected chi connectivity index (χ3v) is 1.49. The maximum atomic E-state index is 11.2. The third-order valence-electron chi connectivity index (χ3n) is 1.21. The Bertz CT molecular complexity index is 335. The number of nitrogens with one attached hydrogen (secondary N) is 1. The number of carbonyl (C=O) groups excluding carboxylic acids is 1. The van der Waals surface area contributed by atoms with E-state index in [1.807, 2.05) is 0 Å². The zero-order valence-electron chi connectivity index (χ0n) is 8.09. The van der Waals surface area contributed by atoms with Gasteiger partial charge < -0.3 is 4.74 Å². The highest BCUT2D eigenvalue weighted by Gasteiger charge is 2.07. The van der Waals surface area contributed by atoms with Crippen molar-refractivity contribution in [1.82, 2.24) is 0 Å². The van der Waals surface area contributed by atoms with E-state index in [2.05, 4.69) is 11.6 Å². The number of ether oxygens (including phenoxy) is 1. The van der Waals surface area contributed by atoms with Gasteiger partial charge in [0.25, 0.3) is 0 Å². The van der Waals surface area contributed by atoms with Crippen molar-refractivity contribution >= 4 is 39.6 Å². The van der Waals surface area contributed by atoms with Crippen LogP contribution in [0.25, 0.3) is 0 Å². The van der Waals surface area contributed by atoms with Crippen LogP contribution in [0.1, 0.15) is 6.92 Å². The second kappa shape index (κ2) is 7.20. The molecule has 1 N–H and O–H groups in total.